The van der Waals surface area contributed by atoms with Crippen molar-refractivity contribution in [2.45, 2.75) is 52.1 Å². The first-order chi connectivity index (χ1) is 10.1. The number of hydrogen-bond donors (Lipinski definition) is 2. The number of nitrogens with one attached hydrogen (secondary N) is 2. The fourth-order valence-electron chi connectivity index (χ4n) is 2.09. The van der Waals surface area contributed by atoms with E-state index in [1.165, 1.54) is 5.56 Å². The number of hydrogen-bond acceptors (Lipinski definition) is 3. The maximum absolute atomic E-state index is 11.8. The van der Waals surface area contributed by atoms with Crippen LogP contribution < -0.4 is 15.4 Å². The lowest BCUT2D eigenvalue weighted by Gasteiger charge is -2.15. The quantitative estimate of drug-likeness (QED) is 0.735. The van der Waals surface area contributed by atoms with E-state index in [4.69, 9.17) is 4.74 Å². The van der Waals surface area contributed by atoms with Crippen LogP contribution in [0.25, 0.3) is 0 Å². The van der Waals surface area contributed by atoms with E-state index in [0.29, 0.717) is 6.04 Å². The summed E-state index contributed by atoms with van der Waals surface area (Å²) in [5.41, 5.74) is 1.26. The van der Waals surface area contributed by atoms with Gasteiger partial charge in [0.05, 0.1) is 0 Å². The lowest BCUT2D eigenvalue weighted by molar-refractivity contribution is -0.123. The molecule has 0 aliphatic rings. The zero-order valence-corrected chi connectivity index (χ0v) is 13.6. The van der Waals surface area contributed by atoms with Crippen molar-refractivity contribution in [3.05, 3.63) is 29.8 Å². The summed E-state index contributed by atoms with van der Waals surface area (Å²) in [6.45, 7) is 6.36. The molecule has 0 saturated carbocycles. The molecule has 4 nitrogen and oxygen atoms in total. The van der Waals surface area contributed by atoms with Crippen LogP contribution >= 0.6 is 0 Å². The van der Waals surface area contributed by atoms with Crippen LogP contribution in [-0.4, -0.2) is 31.6 Å². The molecule has 1 unspecified atom stereocenters. The number of likely N-dealkylation sites (N-methyl/N-ethyl adjacent to an activating group) is 1. The minimum absolute atomic E-state index is 0.0587. The summed E-state index contributed by atoms with van der Waals surface area (Å²) in [6, 6.07) is 8.61. The number of benzene rings is 1. The first kappa shape index (κ1) is 17.5. The van der Waals surface area contributed by atoms with Crippen LogP contribution in [0.2, 0.25) is 0 Å². The van der Waals surface area contributed by atoms with Gasteiger partial charge in [-0.3, -0.25) is 4.79 Å². The lowest BCUT2D eigenvalue weighted by Crippen LogP contribution is -2.37. The smallest absolute Gasteiger partial charge is 0.258 e. The van der Waals surface area contributed by atoms with Crippen LogP contribution in [0.3, 0.4) is 0 Å². The van der Waals surface area contributed by atoms with E-state index in [0.717, 1.165) is 25.0 Å². The molecule has 1 aromatic carbocycles. The number of rotatable bonds is 9. The highest BCUT2D eigenvalue weighted by molar-refractivity contribution is 5.77. The van der Waals surface area contributed by atoms with Crippen molar-refractivity contribution in [3.8, 4) is 5.75 Å². The van der Waals surface area contributed by atoms with Crippen molar-refractivity contribution < 1.29 is 9.53 Å². The molecule has 0 spiro atoms. The van der Waals surface area contributed by atoms with Crippen molar-refractivity contribution in [2.24, 2.45) is 0 Å². The molecule has 0 aliphatic carbocycles. The molecule has 0 heterocycles. The lowest BCUT2D eigenvalue weighted by atomic mass is 10.1. The molecular weight excluding hydrogens is 264 g/mol. The van der Waals surface area contributed by atoms with E-state index < -0.39 is 0 Å². The SMILES string of the molecule is CCC(CC)NC(=O)COc1ccc(CC(C)NC)cc1. The average molecular weight is 292 g/mol. The monoisotopic (exact) mass is 292 g/mol. The van der Waals surface area contributed by atoms with Gasteiger partial charge in [0, 0.05) is 12.1 Å². The summed E-state index contributed by atoms with van der Waals surface area (Å²) in [7, 11) is 1.96. The molecular formula is C17H28N2O2. The van der Waals surface area contributed by atoms with Crippen molar-refractivity contribution in [1.29, 1.82) is 0 Å². The van der Waals surface area contributed by atoms with E-state index in [9.17, 15) is 4.79 Å². The van der Waals surface area contributed by atoms with Crippen molar-refractivity contribution in [1.82, 2.24) is 10.6 Å². The second kappa shape index (κ2) is 9.40. The Morgan fingerprint density at radius 3 is 2.33 bits per heavy atom. The normalized spacial score (nSPS) is 12.2. The van der Waals surface area contributed by atoms with Gasteiger partial charge in [-0.1, -0.05) is 26.0 Å². The Hall–Kier alpha value is -1.55. The summed E-state index contributed by atoms with van der Waals surface area (Å²) >= 11 is 0. The third kappa shape index (κ3) is 6.63. The van der Waals surface area contributed by atoms with Gasteiger partial charge in [-0.25, -0.2) is 0 Å². The average Bonchev–Trinajstić information content (AvgIpc) is 2.51. The van der Waals surface area contributed by atoms with Gasteiger partial charge >= 0.3 is 0 Å². The third-order valence-corrected chi connectivity index (χ3v) is 3.68. The maximum Gasteiger partial charge on any atom is 0.258 e. The second-order valence-corrected chi connectivity index (χ2v) is 5.41. The minimum Gasteiger partial charge on any atom is -0.484 e. The van der Waals surface area contributed by atoms with Crippen LogP contribution in [0.5, 0.6) is 5.75 Å². The predicted molar refractivity (Wildman–Crippen MR) is 86.7 cm³/mol. The molecule has 1 aromatic rings. The Bertz CT molecular complexity index is 413. The summed E-state index contributed by atoms with van der Waals surface area (Å²) in [4.78, 5) is 11.8. The molecule has 21 heavy (non-hydrogen) atoms. The van der Waals surface area contributed by atoms with Crippen LogP contribution in [0.1, 0.15) is 39.2 Å². The highest BCUT2D eigenvalue weighted by Gasteiger charge is 2.09. The van der Waals surface area contributed by atoms with Gasteiger partial charge in [0.25, 0.3) is 5.91 Å². The summed E-state index contributed by atoms with van der Waals surface area (Å²) < 4.78 is 5.52. The number of carbonyl (C=O) groups is 1. The molecule has 0 saturated heterocycles. The molecule has 1 amide bonds. The van der Waals surface area contributed by atoms with Gasteiger partial charge in [-0.05, 0) is 50.9 Å². The number of ether oxygens (including phenoxy) is 1. The van der Waals surface area contributed by atoms with Gasteiger partial charge in [-0.2, -0.15) is 0 Å². The predicted octanol–water partition coefficient (Wildman–Crippen LogP) is 2.52. The first-order valence-corrected chi connectivity index (χ1v) is 7.77. The maximum atomic E-state index is 11.8. The standard InChI is InChI=1S/C17H28N2O2/c1-5-15(6-2)19-17(20)12-21-16-9-7-14(8-10-16)11-13(3)18-4/h7-10,13,15,18H,5-6,11-12H2,1-4H3,(H,19,20). The van der Waals surface area contributed by atoms with Gasteiger partial charge in [-0.15, -0.1) is 0 Å². The van der Waals surface area contributed by atoms with E-state index >= 15 is 0 Å². The van der Waals surface area contributed by atoms with E-state index in [-0.39, 0.29) is 18.6 Å². The Balaban J connectivity index is 2.40. The van der Waals surface area contributed by atoms with Crippen molar-refractivity contribution >= 4 is 5.91 Å². The first-order valence-electron chi connectivity index (χ1n) is 7.77. The molecule has 0 aliphatic heterocycles. The van der Waals surface area contributed by atoms with Crippen LogP contribution in [-0.2, 0) is 11.2 Å². The zero-order chi connectivity index (χ0) is 15.7. The summed E-state index contributed by atoms with van der Waals surface area (Å²) in [5.74, 6) is 0.673. The van der Waals surface area contributed by atoms with Crippen LogP contribution in [0.15, 0.2) is 24.3 Å². The molecule has 0 radical (unpaired) electrons. The summed E-state index contributed by atoms with van der Waals surface area (Å²) in [6.07, 6.45) is 2.87. The van der Waals surface area contributed by atoms with E-state index in [2.05, 4.69) is 31.4 Å². The molecule has 1 atom stereocenters. The van der Waals surface area contributed by atoms with Gasteiger partial charge in [0.15, 0.2) is 6.61 Å². The third-order valence-electron chi connectivity index (χ3n) is 3.68. The van der Waals surface area contributed by atoms with Gasteiger partial charge in [0.1, 0.15) is 5.75 Å². The van der Waals surface area contributed by atoms with Crippen LogP contribution in [0.4, 0.5) is 0 Å². The van der Waals surface area contributed by atoms with Crippen molar-refractivity contribution in [3.63, 3.8) is 0 Å². The molecule has 1 rings (SSSR count). The Labute approximate surface area is 128 Å². The highest BCUT2D eigenvalue weighted by atomic mass is 16.5. The molecule has 0 fully saturated rings. The molecule has 4 heteroatoms. The second-order valence-electron chi connectivity index (χ2n) is 5.41. The Morgan fingerprint density at radius 1 is 1.19 bits per heavy atom. The van der Waals surface area contributed by atoms with Gasteiger partial charge in [0.2, 0.25) is 0 Å². The zero-order valence-electron chi connectivity index (χ0n) is 13.6. The Morgan fingerprint density at radius 2 is 1.81 bits per heavy atom. The fraction of sp³-hybridized carbons (Fsp3) is 0.588. The number of carbonyl (C=O) groups excluding carboxylic acids is 1. The number of amides is 1. The molecule has 0 aromatic heterocycles. The van der Waals surface area contributed by atoms with Crippen molar-refractivity contribution in [2.75, 3.05) is 13.7 Å². The molecule has 0 bridgehead atoms. The topological polar surface area (TPSA) is 50.4 Å². The van der Waals surface area contributed by atoms with Crippen LogP contribution in [0, 0.1) is 0 Å². The van der Waals surface area contributed by atoms with E-state index in [1.807, 2.05) is 31.3 Å². The molecule has 118 valence electrons. The Kier molecular flexibility index (Phi) is 7.83. The molecule has 2 N–H and O–H groups in total. The van der Waals surface area contributed by atoms with E-state index in [1.54, 1.807) is 0 Å². The van der Waals surface area contributed by atoms with Gasteiger partial charge < -0.3 is 15.4 Å². The highest BCUT2D eigenvalue weighted by Crippen LogP contribution is 2.13. The summed E-state index contributed by atoms with van der Waals surface area (Å²) in [5, 5.41) is 6.17. The largest absolute Gasteiger partial charge is 0.484 e. The minimum atomic E-state index is -0.0587. The fourth-order valence-corrected chi connectivity index (χ4v) is 2.09.